The third kappa shape index (κ3) is 2.85. The van der Waals surface area contributed by atoms with Gasteiger partial charge in [0.2, 0.25) is 0 Å². The predicted octanol–water partition coefficient (Wildman–Crippen LogP) is 4.19. The van der Waals surface area contributed by atoms with Crippen LogP contribution in [-0.2, 0) is 0 Å². The fourth-order valence-electron chi connectivity index (χ4n) is 2.02. The van der Waals surface area contributed by atoms with Gasteiger partial charge in [-0.3, -0.25) is 0 Å². The summed E-state index contributed by atoms with van der Waals surface area (Å²) in [6.45, 7) is 4.21. The van der Waals surface area contributed by atoms with E-state index in [9.17, 15) is 0 Å². The third-order valence-corrected chi connectivity index (χ3v) is 5.25. The highest BCUT2D eigenvalue weighted by Gasteiger charge is 2.18. The molecule has 0 amide bonds. The Morgan fingerprint density at radius 2 is 1.70 bits per heavy atom. The lowest BCUT2D eigenvalue weighted by Crippen LogP contribution is -2.11. The topological polar surface area (TPSA) is 44.5 Å². The molecule has 1 aromatic heterocycles. The van der Waals surface area contributed by atoms with Gasteiger partial charge in [0.05, 0.1) is 20.3 Å². The summed E-state index contributed by atoms with van der Waals surface area (Å²) in [6, 6.07) is 5.79. The van der Waals surface area contributed by atoms with Crippen molar-refractivity contribution < 1.29 is 9.47 Å². The lowest BCUT2D eigenvalue weighted by atomic mass is 10.0. The minimum atomic E-state index is -0.179. The molecule has 0 saturated heterocycles. The van der Waals surface area contributed by atoms with E-state index in [4.69, 9.17) is 15.2 Å². The number of hydrogen-bond donors (Lipinski definition) is 1. The predicted molar refractivity (Wildman–Crippen MR) is 87.1 cm³/mol. The van der Waals surface area contributed by atoms with Gasteiger partial charge in [-0.25, -0.2) is 0 Å². The minimum absolute atomic E-state index is 0.179. The second kappa shape index (κ2) is 6.16. The van der Waals surface area contributed by atoms with Crippen LogP contribution in [-0.4, -0.2) is 14.2 Å². The van der Waals surface area contributed by atoms with Crippen LogP contribution in [0.2, 0.25) is 0 Å². The second-order valence-corrected chi connectivity index (χ2v) is 6.74. The first kappa shape index (κ1) is 15.4. The Hall–Kier alpha value is -1.04. The maximum Gasteiger partial charge on any atom is 0.161 e. The minimum Gasteiger partial charge on any atom is -0.493 e. The van der Waals surface area contributed by atoms with Gasteiger partial charge in [-0.05, 0) is 43.2 Å². The number of thiophene rings is 1. The molecule has 5 heteroatoms. The standard InChI is InChI=1S/C15H18BrNO2S/c1-8-5-14(20-9(8)2)15(17)10-6-12(18-3)13(19-4)7-11(10)16/h5-7,15H,17H2,1-4H3. The van der Waals surface area contributed by atoms with Gasteiger partial charge in [0.1, 0.15) is 0 Å². The van der Waals surface area contributed by atoms with E-state index in [1.54, 1.807) is 25.6 Å². The zero-order valence-corrected chi connectivity index (χ0v) is 14.4. The van der Waals surface area contributed by atoms with Crippen LogP contribution in [0.1, 0.15) is 26.9 Å². The van der Waals surface area contributed by atoms with Crippen LogP contribution >= 0.6 is 27.3 Å². The second-order valence-electron chi connectivity index (χ2n) is 4.59. The van der Waals surface area contributed by atoms with Gasteiger partial charge < -0.3 is 15.2 Å². The average molecular weight is 356 g/mol. The van der Waals surface area contributed by atoms with E-state index in [1.165, 1.54) is 10.4 Å². The fraction of sp³-hybridized carbons (Fsp3) is 0.333. The molecule has 2 rings (SSSR count). The Morgan fingerprint density at radius 1 is 1.10 bits per heavy atom. The summed E-state index contributed by atoms with van der Waals surface area (Å²) in [7, 11) is 3.25. The number of benzene rings is 1. The fourth-order valence-corrected chi connectivity index (χ4v) is 3.65. The zero-order valence-electron chi connectivity index (χ0n) is 12.0. The summed E-state index contributed by atoms with van der Waals surface area (Å²) < 4.78 is 11.6. The number of aryl methyl sites for hydroxylation is 2. The van der Waals surface area contributed by atoms with E-state index in [1.807, 2.05) is 12.1 Å². The molecular weight excluding hydrogens is 338 g/mol. The molecule has 1 heterocycles. The summed E-state index contributed by atoms with van der Waals surface area (Å²) in [5.74, 6) is 1.38. The Kier molecular flexibility index (Phi) is 4.73. The lowest BCUT2D eigenvalue weighted by molar-refractivity contribution is 0.354. The molecule has 1 aromatic carbocycles. The van der Waals surface area contributed by atoms with Crippen molar-refractivity contribution in [1.82, 2.24) is 0 Å². The Bertz CT molecular complexity index is 605. The van der Waals surface area contributed by atoms with E-state index < -0.39 is 0 Å². The molecule has 0 saturated carbocycles. The maximum atomic E-state index is 6.40. The molecule has 20 heavy (non-hydrogen) atoms. The van der Waals surface area contributed by atoms with Gasteiger partial charge >= 0.3 is 0 Å². The number of halogens is 1. The number of hydrogen-bond acceptors (Lipinski definition) is 4. The van der Waals surface area contributed by atoms with Crippen molar-refractivity contribution >= 4 is 27.3 Å². The third-order valence-electron chi connectivity index (χ3n) is 3.33. The Morgan fingerprint density at radius 3 is 2.20 bits per heavy atom. The molecule has 0 aliphatic carbocycles. The normalized spacial score (nSPS) is 12.3. The van der Waals surface area contributed by atoms with Gasteiger partial charge in [0.15, 0.2) is 11.5 Å². The largest absolute Gasteiger partial charge is 0.493 e. The van der Waals surface area contributed by atoms with Gasteiger partial charge in [-0.2, -0.15) is 0 Å². The molecule has 3 nitrogen and oxygen atoms in total. The molecule has 0 spiro atoms. The lowest BCUT2D eigenvalue weighted by Gasteiger charge is -2.16. The molecule has 2 N–H and O–H groups in total. The molecule has 0 aliphatic heterocycles. The number of nitrogens with two attached hydrogens (primary N) is 1. The molecular formula is C15H18BrNO2S. The van der Waals surface area contributed by atoms with Crippen LogP contribution < -0.4 is 15.2 Å². The van der Waals surface area contributed by atoms with Gasteiger partial charge in [-0.1, -0.05) is 15.9 Å². The molecule has 1 atom stereocenters. The van der Waals surface area contributed by atoms with E-state index in [-0.39, 0.29) is 6.04 Å². The van der Waals surface area contributed by atoms with Crippen LogP contribution in [0.25, 0.3) is 0 Å². The van der Waals surface area contributed by atoms with Crippen LogP contribution in [0, 0.1) is 13.8 Å². The van der Waals surface area contributed by atoms with Gasteiger partial charge in [0, 0.05) is 14.2 Å². The first-order valence-corrected chi connectivity index (χ1v) is 7.82. The van der Waals surface area contributed by atoms with E-state index in [2.05, 4.69) is 35.8 Å². The number of ether oxygens (including phenoxy) is 2. The molecule has 108 valence electrons. The maximum absolute atomic E-state index is 6.40. The highest BCUT2D eigenvalue weighted by atomic mass is 79.9. The highest BCUT2D eigenvalue weighted by molar-refractivity contribution is 9.10. The van der Waals surface area contributed by atoms with Crippen molar-refractivity contribution in [3.63, 3.8) is 0 Å². The van der Waals surface area contributed by atoms with Crippen molar-refractivity contribution in [2.24, 2.45) is 5.73 Å². The average Bonchev–Trinajstić information content (AvgIpc) is 2.77. The number of rotatable bonds is 4. The van der Waals surface area contributed by atoms with Crippen molar-refractivity contribution in [2.45, 2.75) is 19.9 Å². The number of methoxy groups -OCH3 is 2. The zero-order chi connectivity index (χ0) is 14.9. The molecule has 2 aromatic rings. The SMILES string of the molecule is COc1cc(Br)c(C(N)c2cc(C)c(C)s2)cc1OC. The summed E-state index contributed by atoms with van der Waals surface area (Å²) in [5.41, 5.74) is 8.66. The monoisotopic (exact) mass is 355 g/mol. The van der Waals surface area contributed by atoms with Crippen molar-refractivity contribution in [1.29, 1.82) is 0 Å². The summed E-state index contributed by atoms with van der Waals surface area (Å²) in [4.78, 5) is 2.44. The van der Waals surface area contributed by atoms with E-state index in [0.717, 1.165) is 14.9 Å². The quantitative estimate of drug-likeness (QED) is 0.893. The summed E-state index contributed by atoms with van der Waals surface area (Å²) in [6.07, 6.45) is 0. The van der Waals surface area contributed by atoms with Gasteiger partial charge in [0.25, 0.3) is 0 Å². The van der Waals surface area contributed by atoms with Crippen molar-refractivity contribution in [3.05, 3.63) is 43.6 Å². The Balaban J connectivity index is 2.46. The summed E-state index contributed by atoms with van der Waals surface area (Å²) in [5, 5.41) is 0. The van der Waals surface area contributed by atoms with E-state index >= 15 is 0 Å². The molecule has 0 aliphatic rings. The summed E-state index contributed by atoms with van der Waals surface area (Å²) >= 11 is 5.30. The Labute approximate surface area is 131 Å². The van der Waals surface area contributed by atoms with Crippen LogP contribution in [0.5, 0.6) is 11.5 Å². The molecule has 1 unspecified atom stereocenters. The molecule has 0 bridgehead atoms. The van der Waals surface area contributed by atoms with Crippen molar-refractivity contribution in [2.75, 3.05) is 14.2 Å². The first-order valence-electron chi connectivity index (χ1n) is 6.21. The smallest absolute Gasteiger partial charge is 0.161 e. The van der Waals surface area contributed by atoms with Gasteiger partial charge in [-0.15, -0.1) is 11.3 Å². The van der Waals surface area contributed by atoms with Crippen LogP contribution in [0.15, 0.2) is 22.7 Å². The van der Waals surface area contributed by atoms with Crippen molar-refractivity contribution in [3.8, 4) is 11.5 Å². The van der Waals surface area contributed by atoms with E-state index in [0.29, 0.717) is 11.5 Å². The molecule has 0 radical (unpaired) electrons. The highest BCUT2D eigenvalue weighted by Crippen LogP contribution is 2.38. The van der Waals surface area contributed by atoms with Crippen LogP contribution in [0.4, 0.5) is 0 Å². The molecule has 0 fully saturated rings. The van der Waals surface area contributed by atoms with Crippen LogP contribution in [0.3, 0.4) is 0 Å². The first-order chi connectivity index (χ1) is 9.47.